The molecule has 15 heteroatoms. The van der Waals surface area contributed by atoms with E-state index in [2.05, 4.69) is 5.32 Å². The van der Waals surface area contributed by atoms with Crippen molar-refractivity contribution < 1.29 is 69.8 Å². The van der Waals surface area contributed by atoms with Gasteiger partial charge in [-0.2, -0.15) is 0 Å². The summed E-state index contributed by atoms with van der Waals surface area (Å²) in [4.78, 5) is 23.3. The van der Waals surface area contributed by atoms with Gasteiger partial charge in [0.15, 0.2) is 6.29 Å². The molecule has 10 N–H and O–H groups in total. The van der Waals surface area contributed by atoms with Crippen molar-refractivity contribution in [3.8, 4) is 0 Å². The van der Waals surface area contributed by atoms with Gasteiger partial charge in [-0.15, -0.1) is 0 Å². The maximum atomic E-state index is 11.7. The highest BCUT2D eigenvalue weighted by Gasteiger charge is 2.56. The third-order valence-corrected chi connectivity index (χ3v) is 5.34. The van der Waals surface area contributed by atoms with Crippen LogP contribution in [0.1, 0.15) is 13.3 Å². The van der Waals surface area contributed by atoms with Gasteiger partial charge in [-0.1, -0.05) is 0 Å². The molecule has 1 amide bonds. The fourth-order valence-electron chi connectivity index (χ4n) is 3.60. The van der Waals surface area contributed by atoms with Crippen LogP contribution in [0.2, 0.25) is 0 Å². The average Bonchev–Trinajstić information content (AvgIpc) is 2.74. The van der Waals surface area contributed by atoms with Crippen LogP contribution in [0.15, 0.2) is 0 Å². The molecule has 0 aromatic carbocycles. The molecular weight excluding hydrogens is 442 g/mol. The zero-order valence-corrected chi connectivity index (χ0v) is 17.0. The molecule has 2 heterocycles. The quantitative estimate of drug-likeness (QED) is 0.158. The number of carboxylic acids is 1. The summed E-state index contributed by atoms with van der Waals surface area (Å²) in [6.07, 6.45) is -16.7. The Balaban J connectivity index is 2.40. The third-order valence-electron chi connectivity index (χ3n) is 5.34. The Morgan fingerprint density at radius 2 is 1.78 bits per heavy atom. The second-order valence-corrected chi connectivity index (χ2v) is 7.71. The molecule has 15 nitrogen and oxygen atoms in total. The number of carbonyl (C=O) groups is 2. The minimum atomic E-state index is -2.99. The second-order valence-electron chi connectivity index (χ2n) is 7.71. The monoisotopic (exact) mass is 471 g/mol. The van der Waals surface area contributed by atoms with Crippen molar-refractivity contribution in [3.63, 3.8) is 0 Å². The van der Waals surface area contributed by atoms with Crippen LogP contribution >= 0.6 is 0 Å². The van der Waals surface area contributed by atoms with Crippen molar-refractivity contribution in [2.24, 2.45) is 0 Å². The summed E-state index contributed by atoms with van der Waals surface area (Å²) >= 11 is 0. The second kappa shape index (κ2) is 10.6. The summed E-state index contributed by atoms with van der Waals surface area (Å²) in [5.41, 5.74) is 0. The Morgan fingerprint density at radius 1 is 1.16 bits per heavy atom. The van der Waals surface area contributed by atoms with E-state index in [4.69, 9.17) is 19.3 Å². The Kier molecular flexibility index (Phi) is 8.88. The van der Waals surface area contributed by atoms with Crippen LogP contribution in [0.25, 0.3) is 0 Å². The number of carboxylic acid groups (broad SMARTS) is 1. The molecule has 0 aromatic heterocycles. The van der Waals surface area contributed by atoms with Crippen LogP contribution in [0.3, 0.4) is 0 Å². The SMILES string of the molecule is CC(=O)N[C@H]1[C@H]([C@H](O)[C@H](O)CO)O[C@@](O)(C(=O)O)C[C@@H]1O[C@H]1O[C@H](CO)[C@@H](O)[C@H](O)[C@H]1O. The smallest absolute Gasteiger partial charge is 0.364 e. The minimum Gasteiger partial charge on any atom is -0.477 e. The average molecular weight is 471 g/mol. The lowest BCUT2D eigenvalue weighted by Crippen LogP contribution is -2.69. The van der Waals surface area contributed by atoms with Gasteiger partial charge in [0.2, 0.25) is 5.91 Å². The van der Waals surface area contributed by atoms with Crippen molar-refractivity contribution in [2.45, 2.75) is 80.3 Å². The van der Waals surface area contributed by atoms with Gasteiger partial charge in [-0.05, 0) is 0 Å². The van der Waals surface area contributed by atoms with E-state index < -0.39 is 98.5 Å². The summed E-state index contributed by atoms with van der Waals surface area (Å²) in [5, 5.41) is 90.7. The number of hydrogen-bond donors (Lipinski definition) is 10. The van der Waals surface area contributed by atoms with Crippen LogP contribution in [0, 0.1) is 0 Å². The Hall–Kier alpha value is -1.50. The zero-order chi connectivity index (χ0) is 24.4. The van der Waals surface area contributed by atoms with Gasteiger partial charge < -0.3 is 65.5 Å². The molecule has 0 unspecified atom stereocenters. The lowest BCUT2D eigenvalue weighted by molar-refractivity contribution is -0.343. The predicted octanol–water partition coefficient (Wildman–Crippen LogP) is -6.05. The molecule has 0 aliphatic carbocycles. The molecule has 186 valence electrons. The fraction of sp³-hybridized carbons (Fsp3) is 0.882. The van der Waals surface area contributed by atoms with Gasteiger partial charge in [0.25, 0.3) is 5.79 Å². The first-order valence-electron chi connectivity index (χ1n) is 9.70. The lowest BCUT2D eigenvalue weighted by Gasteiger charge is -2.48. The maximum Gasteiger partial charge on any atom is 0.364 e. The van der Waals surface area contributed by atoms with Crippen LogP contribution in [-0.4, -0.2) is 138 Å². The van der Waals surface area contributed by atoms with Crippen molar-refractivity contribution in [1.82, 2.24) is 5.32 Å². The van der Waals surface area contributed by atoms with Crippen molar-refractivity contribution in [2.75, 3.05) is 13.2 Å². The molecule has 0 spiro atoms. The molecule has 0 aromatic rings. The normalized spacial score (nSPS) is 42.2. The number of nitrogens with one attached hydrogen (secondary N) is 1. The number of amides is 1. The van der Waals surface area contributed by atoms with E-state index in [9.17, 15) is 50.4 Å². The standard InChI is InChI=1S/C17H29NO14/c1-5(21)18-9-7(30-15-13(26)12(25)11(24)8(4-20)31-15)2-17(29,16(27)28)32-14(9)10(23)6(22)3-19/h6-15,19-20,22-26,29H,2-4H2,1H3,(H,18,21)(H,27,28)/t6-,7+,8-,9-,10-,11-,12+,13-,14-,15+,17-/m1/s1. The molecule has 0 saturated carbocycles. The Bertz CT molecular complexity index is 663. The maximum absolute atomic E-state index is 11.7. The lowest BCUT2D eigenvalue weighted by atomic mass is 9.88. The fourth-order valence-corrected chi connectivity index (χ4v) is 3.60. The van der Waals surface area contributed by atoms with Gasteiger partial charge in [0.05, 0.1) is 25.4 Å². The first-order valence-corrected chi connectivity index (χ1v) is 9.70. The molecule has 2 aliphatic heterocycles. The molecule has 0 radical (unpaired) electrons. The van der Waals surface area contributed by atoms with Crippen LogP contribution in [0.4, 0.5) is 0 Å². The number of hydrogen-bond acceptors (Lipinski definition) is 13. The number of carbonyl (C=O) groups excluding carboxylic acids is 1. The first kappa shape index (κ1) is 26.7. The molecule has 2 rings (SSSR count). The topological polar surface area (TPSA) is 256 Å². The van der Waals surface area contributed by atoms with E-state index in [0.29, 0.717) is 0 Å². The van der Waals surface area contributed by atoms with Crippen molar-refractivity contribution >= 4 is 11.9 Å². The number of aliphatic hydroxyl groups is 8. The highest BCUT2D eigenvalue weighted by Crippen LogP contribution is 2.34. The molecule has 32 heavy (non-hydrogen) atoms. The van der Waals surface area contributed by atoms with E-state index in [0.717, 1.165) is 6.92 Å². The molecule has 0 bridgehead atoms. The first-order chi connectivity index (χ1) is 14.9. The van der Waals surface area contributed by atoms with Crippen molar-refractivity contribution in [3.05, 3.63) is 0 Å². The zero-order valence-electron chi connectivity index (χ0n) is 17.0. The van der Waals surface area contributed by atoms with Gasteiger partial charge in [-0.25, -0.2) is 4.79 Å². The summed E-state index contributed by atoms with van der Waals surface area (Å²) in [6.45, 7) is -0.691. The van der Waals surface area contributed by atoms with Crippen LogP contribution in [0.5, 0.6) is 0 Å². The Labute approximate surface area is 181 Å². The summed E-state index contributed by atoms with van der Waals surface area (Å²) in [6, 6.07) is -1.45. The summed E-state index contributed by atoms with van der Waals surface area (Å²) < 4.78 is 15.8. The van der Waals surface area contributed by atoms with Crippen LogP contribution < -0.4 is 5.32 Å². The number of aliphatic carboxylic acids is 1. The van der Waals surface area contributed by atoms with Crippen LogP contribution in [-0.2, 0) is 23.8 Å². The molecular formula is C17H29NO14. The summed E-state index contributed by atoms with van der Waals surface area (Å²) in [5.74, 6) is -5.61. The van der Waals surface area contributed by atoms with Gasteiger partial charge in [0, 0.05) is 13.3 Å². The molecule has 2 fully saturated rings. The molecule has 11 atom stereocenters. The third kappa shape index (κ3) is 5.52. The van der Waals surface area contributed by atoms with E-state index in [1.807, 2.05) is 0 Å². The summed E-state index contributed by atoms with van der Waals surface area (Å²) in [7, 11) is 0. The van der Waals surface area contributed by atoms with E-state index in [1.165, 1.54) is 0 Å². The van der Waals surface area contributed by atoms with E-state index >= 15 is 0 Å². The number of rotatable bonds is 8. The van der Waals surface area contributed by atoms with Gasteiger partial charge in [-0.3, -0.25) is 4.79 Å². The number of ether oxygens (including phenoxy) is 3. The molecule has 2 aliphatic rings. The van der Waals surface area contributed by atoms with E-state index in [-0.39, 0.29) is 0 Å². The van der Waals surface area contributed by atoms with Gasteiger partial charge in [0.1, 0.15) is 42.7 Å². The van der Waals surface area contributed by atoms with Crippen molar-refractivity contribution in [1.29, 1.82) is 0 Å². The number of aliphatic hydroxyl groups excluding tert-OH is 7. The highest BCUT2D eigenvalue weighted by molar-refractivity contribution is 5.76. The van der Waals surface area contributed by atoms with E-state index in [1.54, 1.807) is 0 Å². The largest absolute Gasteiger partial charge is 0.477 e. The van der Waals surface area contributed by atoms with Gasteiger partial charge >= 0.3 is 5.97 Å². The Morgan fingerprint density at radius 3 is 2.28 bits per heavy atom. The molecule has 2 saturated heterocycles. The highest BCUT2D eigenvalue weighted by atomic mass is 16.7. The predicted molar refractivity (Wildman–Crippen MR) is 97.4 cm³/mol. The minimum absolute atomic E-state index is 0.711.